The van der Waals surface area contributed by atoms with Crippen molar-refractivity contribution in [3.05, 3.63) is 24.3 Å². The van der Waals surface area contributed by atoms with Gasteiger partial charge in [0.05, 0.1) is 0 Å². The van der Waals surface area contributed by atoms with E-state index in [-0.39, 0.29) is 0 Å². The lowest BCUT2D eigenvalue weighted by atomic mass is 10.2. The Morgan fingerprint density at radius 3 is 2.14 bits per heavy atom. The highest BCUT2D eigenvalue weighted by atomic mass is 14.9. The summed E-state index contributed by atoms with van der Waals surface area (Å²) in [6.07, 6.45) is 5.42. The first-order valence-corrected chi connectivity index (χ1v) is 5.43. The number of rotatable bonds is 3. The number of benzene rings is 1. The first-order chi connectivity index (χ1) is 6.88. The van der Waals surface area contributed by atoms with Crippen molar-refractivity contribution in [1.29, 1.82) is 0 Å². The Morgan fingerprint density at radius 2 is 1.57 bits per heavy atom. The average molecular weight is 190 g/mol. The van der Waals surface area contributed by atoms with Crippen LogP contribution in [0.1, 0.15) is 25.7 Å². The molecule has 0 bridgehead atoms. The second-order valence-electron chi connectivity index (χ2n) is 3.95. The van der Waals surface area contributed by atoms with Crippen LogP contribution >= 0.6 is 0 Å². The van der Waals surface area contributed by atoms with E-state index in [0.29, 0.717) is 6.04 Å². The predicted molar refractivity (Wildman–Crippen MR) is 61.9 cm³/mol. The molecule has 0 atom stereocenters. The minimum atomic E-state index is 0.704. The molecule has 1 aromatic rings. The van der Waals surface area contributed by atoms with Crippen molar-refractivity contribution in [2.24, 2.45) is 0 Å². The van der Waals surface area contributed by atoms with E-state index in [1.54, 1.807) is 0 Å². The number of hydrogen-bond acceptors (Lipinski definition) is 2. The van der Waals surface area contributed by atoms with Gasteiger partial charge in [-0.05, 0) is 37.1 Å². The molecule has 2 rings (SSSR count). The molecule has 0 unspecified atom stereocenters. The zero-order valence-electron chi connectivity index (χ0n) is 8.72. The van der Waals surface area contributed by atoms with Gasteiger partial charge >= 0.3 is 0 Å². The van der Waals surface area contributed by atoms with Gasteiger partial charge in [0.25, 0.3) is 0 Å². The Hall–Kier alpha value is -1.18. The van der Waals surface area contributed by atoms with Gasteiger partial charge in [-0.2, -0.15) is 0 Å². The van der Waals surface area contributed by atoms with Gasteiger partial charge in [0.1, 0.15) is 0 Å². The van der Waals surface area contributed by atoms with Crippen LogP contribution in [0, 0.1) is 0 Å². The van der Waals surface area contributed by atoms with E-state index in [0.717, 1.165) is 0 Å². The fraction of sp³-hybridized carbons (Fsp3) is 0.500. The van der Waals surface area contributed by atoms with Crippen LogP contribution in [-0.2, 0) is 0 Å². The predicted octanol–water partition coefficient (Wildman–Crippen LogP) is 3.08. The third-order valence-electron chi connectivity index (χ3n) is 2.90. The molecule has 1 fully saturated rings. The molecule has 2 heteroatoms. The third kappa shape index (κ3) is 2.19. The summed E-state index contributed by atoms with van der Waals surface area (Å²) in [5.74, 6) is 0. The average Bonchev–Trinajstić information content (AvgIpc) is 2.72. The molecule has 1 aromatic carbocycles. The molecule has 0 spiro atoms. The highest BCUT2D eigenvalue weighted by Crippen LogP contribution is 2.22. The van der Waals surface area contributed by atoms with Crippen LogP contribution in [0.25, 0.3) is 0 Å². The standard InChI is InChI=1S/C12H18N2/c1-13-10-6-8-12(9-7-10)14-11-4-2-3-5-11/h6-9,11,13-14H,2-5H2,1H3. The molecular formula is C12H18N2. The maximum atomic E-state index is 3.56. The second kappa shape index (κ2) is 4.36. The summed E-state index contributed by atoms with van der Waals surface area (Å²) in [5, 5.41) is 6.68. The summed E-state index contributed by atoms with van der Waals surface area (Å²) in [4.78, 5) is 0. The van der Waals surface area contributed by atoms with Crippen molar-refractivity contribution in [3.63, 3.8) is 0 Å². The van der Waals surface area contributed by atoms with Crippen molar-refractivity contribution in [3.8, 4) is 0 Å². The molecule has 0 aliphatic heterocycles. The van der Waals surface area contributed by atoms with E-state index in [4.69, 9.17) is 0 Å². The van der Waals surface area contributed by atoms with Gasteiger partial charge in [-0.25, -0.2) is 0 Å². The minimum absolute atomic E-state index is 0.704. The molecule has 1 aliphatic rings. The highest BCUT2D eigenvalue weighted by molar-refractivity contribution is 5.53. The number of hydrogen-bond donors (Lipinski definition) is 2. The van der Waals surface area contributed by atoms with Crippen LogP contribution in [0.5, 0.6) is 0 Å². The molecule has 0 saturated heterocycles. The molecule has 1 saturated carbocycles. The normalized spacial score (nSPS) is 16.9. The highest BCUT2D eigenvalue weighted by Gasteiger charge is 2.13. The lowest BCUT2D eigenvalue weighted by Crippen LogP contribution is -2.14. The van der Waals surface area contributed by atoms with E-state index < -0.39 is 0 Å². The zero-order valence-corrected chi connectivity index (χ0v) is 8.72. The van der Waals surface area contributed by atoms with Crippen molar-refractivity contribution < 1.29 is 0 Å². The van der Waals surface area contributed by atoms with Gasteiger partial charge in [-0.15, -0.1) is 0 Å². The molecule has 0 heterocycles. The largest absolute Gasteiger partial charge is 0.388 e. The second-order valence-corrected chi connectivity index (χ2v) is 3.95. The molecule has 2 N–H and O–H groups in total. The third-order valence-corrected chi connectivity index (χ3v) is 2.90. The van der Waals surface area contributed by atoms with Crippen molar-refractivity contribution in [2.45, 2.75) is 31.7 Å². The first kappa shape index (κ1) is 9.38. The fourth-order valence-corrected chi connectivity index (χ4v) is 2.04. The van der Waals surface area contributed by atoms with Gasteiger partial charge in [0.15, 0.2) is 0 Å². The Balaban J connectivity index is 1.95. The van der Waals surface area contributed by atoms with Crippen LogP contribution < -0.4 is 10.6 Å². The Bertz CT molecular complexity index is 273. The van der Waals surface area contributed by atoms with Crippen molar-refractivity contribution >= 4 is 11.4 Å². The lowest BCUT2D eigenvalue weighted by molar-refractivity contribution is 0.755. The molecule has 0 radical (unpaired) electrons. The monoisotopic (exact) mass is 190 g/mol. The Labute approximate surface area is 85.7 Å². The molecule has 76 valence electrons. The maximum Gasteiger partial charge on any atom is 0.0343 e. The van der Waals surface area contributed by atoms with Gasteiger partial charge < -0.3 is 10.6 Å². The smallest absolute Gasteiger partial charge is 0.0343 e. The minimum Gasteiger partial charge on any atom is -0.388 e. The fourth-order valence-electron chi connectivity index (χ4n) is 2.04. The zero-order chi connectivity index (χ0) is 9.80. The van der Waals surface area contributed by atoms with Gasteiger partial charge in [-0.3, -0.25) is 0 Å². The summed E-state index contributed by atoms with van der Waals surface area (Å²) < 4.78 is 0. The van der Waals surface area contributed by atoms with Crippen molar-refractivity contribution in [1.82, 2.24) is 0 Å². The van der Waals surface area contributed by atoms with Gasteiger partial charge in [-0.1, -0.05) is 12.8 Å². The summed E-state index contributed by atoms with van der Waals surface area (Å²) in [6.45, 7) is 0. The van der Waals surface area contributed by atoms with E-state index in [9.17, 15) is 0 Å². The quantitative estimate of drug-likeness (QED) is 0.765. The summed E-state index contributed by atoms with van der Waals surface area (Å²) >= 11 is 0. The molecule has 0 amide bonds. The van der Waals surface area contributed by atoms with Crippen LogP contribution in [0.3, 0.4) is 0 Å². The van der Waals surface area contributed by atoms with Crippen molar-refractivity contribution in [2.75, 3.05) is 17.7 Å². The van der Waals surface area contributed by atoms with E-state index in [2.05, 4.69) is 34.9 Å². The number of nitrogens with one attached hydrogen (secondary N) is 2. The number of anilines is 2. The molecule has 1 aliphatic carbocycles. The molecular weight excluding hydrogens is 172 g/mol. The lowest BCUT2D eigenvalue weighted by Gasteiger charge is -2.13. The van der Waals surface area contributed by atoms with Gasteiger partial charge in [0, 0.05) is 24.5 Å². The summed E-state index contributed by atoms with van der Waals surface area (Å²) in [6, 6.07) is 9.21. The summed E-state index contributed by atoms with van der Waals surface area (Å²) in [5.41, 5.74) is 2.41. The van der Waals surface area contributed by atoms with E-state index in [1.807, 2.05) is 7.05 Å². The van der Waals surface area contributed by atoms with Gasteiger partial charge in [0.2, 0.25) is 0 Å². The Kier molecular flexibility index (Phi) is 2.92. The van der Waals surface area contributed by atoms with E-state index >= 15 is 0 Å². The van der Waals surface area contributed by atoms with Crippen LogP contribution in [0.2, 0.25) is 0 Å². The van der Waals surface area contributed by atoms with Crippen LogP contribution in [0.15, 0.2) is 24.3 Å². The maximum absolute atomic E-state index is 3.56. The molecule has 2 nitrogen and oxygen atoms in total. The van der Waals surface area contributed by atoms with Crippen LogP contribution in [0.4, 0.5) is 11.4 Å². The molecule has 0 aromatic heterocycles. The first-order valence-electron chi connectivity index (χ1n) is 5.43. The van der Waals surface area contributed by atoms with Crippen LogP contribution in [-0.4, -0.2) is 13.1 Å². The Morgan fingerprint density at radius 1 is 1.00 bits per heavy atom. The van der Waals surface area contributed by atoms with E-state index in [1.165, 1.54) is 37.1 Å². The summed E-state index contributed by atoms with van der Waals surface area (Å²) in [7, 11) is 1.94. The molecule has 14 heavy (non-hydrogen) atoms. The topological polar surface area (TPSA) is 24.1 Å². The SMILES string of the molecule is CNc1ccc(NC2CCCC2)cc1.